The highest BCUT2D eigenvalue weighted by Gasteiger charge is 2.24. The van der Waals surface area contributed by atoms with Crippen LogP contribution in [-0.2, 0) is 0 Å². The molecule has 1 aliphatic rings. The number of pyridine rings is 1. The number of aromatic nitrogens is 3. The first-order valence-electron chi connectivity index (χ1n) is 9.56. The molecule has 1 aliphatic carbocycles. The maximum Gasteiger partial charge on any atom is 0.254 e. The molecule has 3 aromatic rings. The summed E-state index contributed by atoms with van der Waals surface area (Å²) in [7, 11) is 3.41. The summed E-state index contributed by atoms with van der Waals surface area (Å²) in [5.74, 6) is -0.155. The molecule has 1 fully saturated rings. The zero-order valence-electron chi connectivity index (χ0n) is 16.7. The summed E-state index contributed by atoms with van der Waals surface area (Å²) >= 11 is 0. The highest BCUT2D eigenvalue weighted by atomic mass is 16.2. The van der Waals surface area contributed by atoms with E-state index in [1.165, 1.54) is 4.90 Å². The standard InChI is InChI=1S/C22H23N5O2/c1-14-4-5-15(21(28)25-18-6-7-18)9-20(14)17-11-24-27(13-17)19-8-16(10-23-12-19)22(29)26(2)3/h4-5,8-13,18H,6-7H2,1-3H3,(H,25,28). The summed E-state index contributed by atoms with van der Waals surface area (Å²) in [5.41, 5.74) is 4.75. The monoisotopic (exact) mass is 389 g/mol. The third-order valence-corrected chi connectivity index (χ3v) is 4.95. The van der Waals surface area contributed by atoms with Crippen LogP contribution in [0.1, 0.15) is 39.1 Å². The topological polar surface area (TPSA) is 80.1 Å². The predicted octanol–water partition coefficient (Wildman–Crippen LogP) is 2.84. The van der Waals surface area contributed by atoms with Crippen LogP contribution in [0.25, 0.3) is 16.8 Å². The van der Waals surface area contributed by atoms with E-state index < -0.39 is 0 Å². The molecule has 7 heteroatoms. The van der Waals surface area contributed by atoms with Gasteiger partial charge in [0, 0.05) is 43.7 Å². The second kappa shape index (κ2) is 7.50. The minimum absolute atomic E-state index is 0.0414. The predicted molar refractivity (Wildman–Crippen MR) is 110 cm³/mol. The molecule has 1 N–H and O–H groups in total. The Kier molecular flexibility index (Phi) is 4.88. The number of nitrogens with zero attached hydrogens (tertiary/aromatic N) is 4. The van der Waals surface area contributed by atoms with Crippen LogP contribution in [0.3, 0.4) is 0 Å². The van der Waals surface area contributed by atoms with E-state index in [-0.39, 0.29) is 11.8 Å². The Labute approximate surface area is 169 Å². The van der Waals surface area contributed by atoms with Crippen molar-refractivity contribution in [2.45, 2.75) is 25.8 Å². The minimum Gasteiger partial charge on any atom is -0.349 e. The molecule has 0 atom stereocenters. The molecular weight excluding hydrogens is 366 g/mol. The average molecular weight is 389 g/mol. The number of aryl methyl sites for hydroxylation is 1. The van der Waals surface area contributed by atoms with Gasteiger partial charge in [0.05, 0.1) is 23.6 Å². The number of hydrogen-bond acceptors (Lipinski definition) is 4. The Hall–Kier alpha value is -3.48. The van der Waals surface area contributed by atoms with Gasteiger partial charge >= 0.3 is 0 Å². The van der Waals surface area contributed by atoms with Gasteiger partial charge < -0.3 is 10.2 Å². The zero-order chi connectivity index (χ0) is 20.5. The quantitative estimate of drug-likeness (QED) is 0.728. The van der Waals surface area contributed by atoms with Crippen LogP contribution < -0.4 is 5.32 Å². The van der Waals surface area contributed by atoms with E-state index in [1.54, 1.807) is 43.4 Å². The van der Waals surface area contributed by atoms with Gasteiger partial charge in [-0.15, -0.1) is 0 Å². The van der Waals surface area contributed by atoms with Gasteiger partial charge in [-0.05, 0) is 49.1 Å². The van der Waals surface area contributed by atoms with Crippen molar-refractivity contribution in [2.24, 2.45) is 0 Å². The second-order valence-electron chi connectivity index (χ2n) is 7.58. The van der Waals surface area contributed by atoms with E-state index in [1.807, 2.05) is 31.3 Å². The number of carbonyl (C=O) groups excluding carboxylic acids is 2. The molecule has 0 radical (unpaired) electrons. The van der Waals surface area contributed by atoms with E-state index in [0.717, 1.165) is 29.5 Å². The highest BCUT2D eigenvalue weighted by Crippen LogP contribution is 2.26. The number of rotatable bonds is 5. The third-order valence-electron chi connectivity index (χ3n) is 4.95. The van der Waals surface area contributed by atoms with E-state index in [0.29, 0.717) is 22.9 Å². The summed E-state index contributed by atoms with van der Waals surface area (Å²) in [5, 5.41) is 7.45. The van der Waals surface area contributed by atoms with Crippen molar-refractivity contribution in [1.29, 1.82) is 0 Å². The van der Waals surface area contributed by atoms with Gasteiger partial charge in [-0.1, -0.05) is 6.07 Å². The minimum atomic E-state index is -0.114. The van der Waals surface area contributed by atoms with Crippen LogP contribution in [0, 0.1) is 6.92 Å². The van der Waals surface area contributed by atoms with Crippen LogP contribution in [0.15, 0.2) is 49.1 Å². The molecule has 0 spiro atoms. The highest BCUT2D eigenvalue weighted by molar-refractivity contribution is 5.96. The Bertz CT molecular complexity index is 1080. The fraction of sp³-hybridized carbons (Fsp3) is 0.273. The lowest BCUT2D eigenvalue weighted by molar-refractivity contribution is 0.0826. The number of benzene rings is 1. The number of carbonyl (C=O) groups is 2. The molecule has 0 aliphatic heterocycles. The van der Waals surface area contributed by atoms with E-state index in [2.05, 4.69) is 15.4 Å². The van der Waals surface area contributed by atoms with Gasteiger partial charge in [0.15, 0.2) is 0 Å². The molecule has 7 nitrogen and oxygen atoms in total. The molecule has 29 heavy (non-hydrogen) atoms. The van der Waals surface area contributed by atoms with E-state index in [9.17, 15) is 9.59 Å². The lowest BCUT2D eigenvalue weighted by Crippen LogP contribution is -2.25. The van der Waals surface area contributed by atoms with Crippen molar-refractivity contribution in [3.8, 4) is 16.8 Å². The Morgan fingerprint density at radius 2 is 1.90 bits per heavy atom. The van der Waals surface area contributed by atoms with Crippen LogP contribution in [0.4, 0.5) is 0 Å². The van der Waals surface area contributed by atoms with Gasteiger partial charge in [-0.2, -0.15) is 5.10 Å². The molecular formula is C22H23N5O2. The van der Waals surface area contributed by atoms with Gasteiger partial charge in [0.1, 0.15) is 0 Å². The lowest BCUT2D eigenvalue weighted by atomic mass is 10.0. The molecule has 4 rings (SSSR count). The summed E-state index contributed by atoms with van der Waals surface area (Å²) < 4.78 is 1.69. The molecule has 1 saturated carbocycles. The molecule has 0 saturated heterocycles. The van der Waals surface area contributed by atoms with E-state index >= 15 is 0 Å². The fourth-order valence-corrected chi connectivity index (χ4v) is 3.10. The molecule has 2 heterocycles. The van der Waals surface area contributed by atoms with Gasteiger partial charge in [0.2, 0.25) is 0 Å². The summed E-state index contributed by atoms with van der Waals surface area (Å²) in [6, 6.07) is 7.78. The first kappa shape index (κ1) is 18.9. The summed E-state index contributed by atoms with van der Waals surface area (Å²) in [6.45, 7) is 2.01. The van der Waals surface area contributed by atoms with Crippen molar-refractivity contribution >= 4 is 11.8 Å². The van der Waals surface area contributed by atoms with Crippen LogP contribution in [-0.4, -0.2) is 51.6 Å². The third kappa shape index (κ3) is 4.03. The molecule has 2 amide bonds. The normalized spacial score (nSPS) is 13.2. The average Bonchev–Trinajstić information content (AvgIpc) is 3.39. The SMILES string of the molecule is Cc1ccc(C(=O)NC2CC2)cc1-c1cnn(-c2cncc(C(=O)N(C)C)c2)c1. The first-order chi connectivity index (χ1) is 13.9. The largest absolute Gasteiger partial charge is 0.349 e. The van der Waals surface area contributed by atoms with Crippen molar-refractivity contribution < 1.29 is 9.59 Å². The number of nitrogens with one attached hydrogen (secondary N) is 1. The maximum absolute atomic E-state index is 12.4. The Morgan fingerprint density at radius 1 is 1.10 bits per heavy atom. The van der Waals surface area contributed by atoms with Crippen molar-refractivity contribution in [2.75, 3.05) is 14.1 Å². The molecule has 0 unspecified atom stereocenters. The fourth-order valence-electron chi connectivity index (χ4n) is 3.10. The van der Waals surface area contributed by atoms with Crippen LogP contribution in [0.5, 0.6) is 0 Å². The molecule has 0 bridgehead atoms. The lowest BCUT2D eigenvalue weighted by Gasteiger charge is -2.10. The van der Waals surface area contributed by atoms with Crippen molar-refractivity contribution in [3.63, 3.8) is 0 Å². The second-order valence-corrected chi connectivity index (χ2v) is 7.58. The summed E-state index contributed by atoms with van der Waals surface area (Å²) in [6.07, 6.45) is 8.95. The smallest absolute Gasteiger partial charge is 0.254 e. The Morgan fingerprint density at radius 3 is 2.62 bits per heavy atom. The first-order valence-corrected chi connectivity index (χ1v) is 9.56. The Balaban J connectivity index is 1.63. The number of hydrogen-bond donors (Lipinski definition) is 1. The van der Waals surface area contributed by atoms with Crippen LogP contribution >= 0.6 is 0 Å². The van der Waals surface area contributed by atoms with Gasteiger partial charge in [-0.3, -0.25) is 14.6 Å². The zero-order valence-corrected chi connectivity index (χ0v) is 16.7. The van der Waals surface area contributed by atoms with Gasteiger partial charge in [-0.25, -0.2) is 4.68 Å². The van der Waals surface area contributed by atoms with Gasteiger partial charge in [0.25, 0.3) is 11.8 Å². The van der Waals surface area contributed by atoms with E-state index in [4.69, 9.17) is 0 Å². The summed E-state index contributed by atoms with van der Waals surface area (Å²) in [4.78, 5) is 30.3. The maximum atomic E-state index is 12.4. The molecule has 1 aromatic carbocycles. The number of amides is 2. The van der Waals surface area contributed by atoms with Crippen LogP contribution in [0.2, 0.25) is 0 Å². The molecule has 2 aromatic heterocycles. The van der Waals surface area contributed by atoms with Crippen molar-refractivity contribution in [1.82, 2.24) is 25.0 Å². The molecule has 148 valence electrons. The van der Waals surface area contributed by atoms with Crippen molar-refractivity contribution in [3.05, 3.63) is 65.7 Å².